The van der Waals surface area contributed by atoms with Crippen LogP contribution < -0.4 is 5.56 Å². The van der Waals surface area contributed by atoms with Gasteiger partial charge in [-0.1, -0.05) is 19.1 Å². The van der Waals surface area contributed by atoms with Crippen LogP contribution in [0.5, 0.6) is 0 Å². The number of carbonyl (C=O) groups excluding carboxylic acids is 1. The SMILES string of the molecule is CCc1nc(=O)c2ccccc2n1C1=CCN(C(=O)Cc2nc3nc(C)cc(C)n3n2)CC1. The van der Waals surface area contributed by atoms with E-state index in [-0.39, 0.29) is 17.9 Å². The van der Waals surface area contributed by atoms with Gasteiger partial charge >= 0.3 is 0 Å². The molecule has 1 aliphatic rings. The van der Waals surface area contributed by atoms with Crippen molar-refractivity contribution >= 4 is 28.3 Å². The standard InChI is InChI=1S/C24H25N7O2/c1-4-21-27-23(33)18-7-5-6-8-19(18)30(21)17-9-11-29(12-10-17)22(32)14-20-26-24-25-15(2)13-16(3)31(24)28-20/h5-9,13H,4,10-12,14H2,1-3H3. The van der Waals surface area contributed by atoms with Crippen LogP contribution in [0.1, 0.15) is 36.4 Å². The topological polar surface area (TPSA) is 98.3 Å². The third-order valence-electron chi connectivity index (χ3n) is 5.98. The Labute approximate surface area is 190 Å². The number of rotatable bonds is 4. The van der Waals surface area contributed by atoms with Gasteiger partial charge in [0.15, 0.2) is 5.82 Å². The summed E-state index contributed by atoms with van der Waals surface area (Å²) >= 11 is 0. The van der Waals surface area contributed by atoms with Gasteiger partial charge in [-0.3, -0.25) is 9.59 Å². The molecule has 0 unspecified atom stereocenters. The zero-order valence-corrected chi connectivity index (χ0v) is 18.9. The maximum Gasteiger partial charge on any atom is 0.280 e. The van der Waals surface area contributed by atoms with Crippen molar-refractivity contribution in [1.29, 1.82) is 0 Å². The number of carbonyl (C=O) groups is 1. The van der Waals surface area contributed by atoms with E-state index in [4.69, 9.17) is 0 Å². The average molecular weight is 444 g/mol. The molecule has 0 saturated carbocycles. The minimum atomic E-state index is -0.202. The van der Waals surface area contributed by atoms with Gasteiger partial charge in [0.2, 0.25) is 5.91 Å². The lowest BCUT2D eigenvalue weighted by Crippen LogP contribution is -2.36. The number of para-hydroxylation sites is 1. The molecule has 4 aromatic rings. The van der Waals surface area contributed by atoms with Gasteiger partial charge < -0.3 is 9.47 Å². The van der Waals surface area contributed by atoms with Gasteiger partial charge in [0.05, 0.1) is 17.3 Å². The molecule has 0 spiro atoms. The maximum atomic E-state index is 12.9. The van der Waals surface area contributed by atoms with Crippen LogP contribution in [-0.2, 0) is 17.6 Å². The van der Waals surface area contributed by atoms with Gasteiger partial charge in [-0.15, -0.1) is 5.10 Å². The third kappa shape index (κ3) is 3.79. The first kappa shape index (κ1) is 21.0. The molecule has 168 valence electrons. The van der Waals surface area contributed by atoms with Crippen LogP contribution >= 0.6 is 0 Å². The van der Waals surface area contributed by atoms with Crippen molar-refractivity contribution in [2.24, 2.45) is 0 Å². The van der Waals surface area contributed by atoms with Crippen LogP contribution in [-0.4, -0.2) is 53.0 Å². The Morgan fingerprint density at radius 3 is 2.70 bits per heavy atom. The second kappa shape index (κ2) is 8.23. The number of amides is 1. The van der Waals surface area contributed by atoms with Crippen molar-refractivity contribution < 1.29 is 4.79 Å². The molecule has 9 heteroatoms. The van der Waals surface area contributed by atoms with E-state index in [1.54, 1.807) is 10.6 Å². The molecule has 0 N–H and O–H groups in total. The number of hydrogen-bond donors (Lipinski definition) is 0. The summed E-state index contributed by atoms with van der Waals surface area (Å²) in [6, 6.07) is 9.46. The summed E-state index contributed by atoms with van der Waals surface area (Å²) in [7, 11) is 0. The number of benzene rings is 1. The fraction of sp³-hybridized carbons (Fsp3) is 0.333. The Morgan fingerprint density at radius 1 is 1.12 bits per heavy atom. The highest BCUT2D eigenvalue weighted by Crippen LogP contribution is 2.23. The Hall–Kier alpha value is -3.88. The molecule has 4 heterocycles. The summed E-state index contributed by atoms with van der Waals surface area (Å²) in [6.07, 6.45) is 3.50. The zero-order valence-electron chi connectivity index (χ0n) is 18.9. The Bertz CT molecular complexity index is 1480. The molecule has 9 nitrogen and oxygen atoms in total. The van der Waals surface area contributed by atoms with Crippen molar-refractivity contribution in [2.45, 2.75) is 40.0 Å². The third-order valence-corrected chi connectivity index (χ3v) is 5.98. The van der Waals surface area contributed by atoms with Crippen molar-refractivity contribution in [3.63, 3.8) is 0 Å². The highest BCUT2D eigenvalue weighted by molar-refractivity contribution is 5.82. The van der Waals surface area contributed by atoms with Crippen molar-refractivity contribution in [1.82, 2.24) is 34.0 Å². The Balaban J connectivity index is 1.39. The highest BCUT2D eigenvalue weighted by Gasteiger charge is 2.22. The summed E-state index contributed by atoms with van der Waals surface area (Å²) in [6.45, 7) is 6.92. The zero-order chi connectivity index (χ0) is 23.1. The molecule has 1 aromatic carbocycles. The second-order valence-corrected chi connectivity index (χ2v) is 8.28. The monoisotopic (exact) mass is 443 g/mol. The van der Waals surface area contributed by atoms with E-state index in [2.05, 4.69) is 24.6 Å². The van der Waals surface area contributed by atoms with Gasteiger partial charge in [-0.25, -0.2) is 9.50 Å². The fourth-order valence-electron chi connectivity index (χ4n) is 4.39. The summed E-state index contributed by atoms with van der Waals surface area (Å²) in [5.74, 6) is 1.70. The lowest BCUT2D eigenvalue weighted by molar-refractivity contribution is -0.130. The molecule has 33 heavy (non-hydrogen) atoms. The molecular weight excluding hydrogens is 418 g/mol. The Morgan fingerprint density at radius 2 is 1.94 bits per heavy atom. The molecule has 0 bridgehead atoms. The maximum absolute atomic E-state index is 12.9. The van der Waals surface area contributed by atoms with Crippen LogP contribution in [0.25, 0.3) is 22.4 Å². The van der Waals surface area contributed by atoms with Gasteiger partial charge in [0.1, 0.15) is 5.82 Å². The van der Waals surface area contributed by atoms with E-state index in [1.165, 1.54) is 0 Å². The van der Waals surface area contributed by atoms with Gasteiger partial charge in [0.25, 0.3) is 11.3 Å². The van der Waals surface area contributed by atoms with E-state index in [9.17, 15) is 9.59 Å². The second-order valence-electron chi connectivity index (χ2n) is 8.28. The number of nitrogens with zero attached hydrogens (tertiary/aromatic N) is 7. The molecule has 1 amide bonds. The van der Waals surface area contributed by atoms with E-state index in [1.807, 2.05) is 56.0 Å². The molecule has 3 aromatic heterocycles. The molecule has 0 aliphatic carbocycles. The fourth-order valence-corrected chi connectivity index (χ4v) is 4.39. The molecule has 0 fully saturated rings. The molecular formula is C24H25N7O2. The van der Waals surface area contributed by atoms with Crippen LogP contribution in [0, 0.1) is 13.8 Å². The lowest BCUT2D eigenvalue weighted by Gasteiger charge is -2.28. The molecule has 0 radical (unpaired) electrons. The first-order chi connectivity index (χ1) is 15.9. The molecule has 0 saturated heterocycles. The smallest absolute Gasteiger partial charge is 0.280 e. The molecule has 0 atom stereocenters. The predicted octanol–water partition coefficient (Wildman–Crippen LogP) is 2.33. The predicted molar refractivity (Wildman–Crippen MR) is 125 cm³/mol. The van der Waals surface area contributed by atoms with Gasteiger partial charge in [0, 0.05) is 43.0 Å². The number of fused-ring (bicyclic) bond motifs is 2. The first-order valence-electron chi connectivity index (χ1n) is 11.1. The van der Waals surface area contributed by atoms with Crippen molar-refractivity contribution in [3.05, 3.63) is 69.8 Å². The normalized spacial score (nSPS) is 14.2. The minimum absolute atomic E-state index is 0.0193. The first-order valence-corrected chi connectivity index (χ1v) is 11.1. The lowest BCUT2D eigenvalue weighted by atomic mass is 10.1. The largest absolute Gasteiger partial charge is 0.338 e. The van der Waals surface area contributed by atoms with Crippen molar-refractivity contribution in [2.75, 3.05) is 13.1 Å². The number of aromatic nitrogens is 6. The minimum Gasteiger partial charge on any atom is -0.338 e. The quantitative estimate of drug-likeness (QED) is 0.480. The van der Waals surface area contributed by atoms with Crippen LogP contribution in [0.4, 0.5) is 0 Å². The Kier molecular flexibility index (Phi) is 5.24. The van der Waals surface area contributed by atoms with Crippen LogP contribution in [0.15, 0.2) is 41.2 Å². The average Bonchev–Trinajstić information content (AvgIpc) is 3.21. The highest BCUT2D eigenvalue weighted by atomic mass is 16.2. The van der Waals surface area contributed by atoms with E-state index >= 15 is 0 Å². The summed E-state index contributed by atoms with van der Waals surface area (Å²) < 4.78 is 3.74. The van der Waals surface area contributed by atoms with Crippen molar-refractivity contribution in [3.8, 4) is 0 Å². The van der Waals surface area contributed by atoms with Gasteiger partial charge in [-0.05, 0) is 38.1 Å². The van der Waals surface area contributed by atoms with Crippen LogP contribution in [0.2, 0.25) is 0 Å². The van der Waals surface area contributed by atoms with E-state index < -0.39 is 0 Å². The van der Waals surface area contributed by atoms with E-state index in [0.717, 1.165) is 28.4 Å². The van der Waals surface area contributed by atoms with Crippen LogP contribution in [0.3, 0.4) is 0 Å². The summed E-state index contributed by atoms with van der Waals surface area (Å²) in [4.78, 5) is 40.3. The summed E-state index contributed by atoms with van der Waals surface area (Å²) in [5, 5.41) is 5.06. The van der Waals surface area contributed by atoms with Gasteiger partial charge in [-0.2, -0.15) is 9.97 Å². The molecule has 1 aliphatic heterocycles. The van der Waals surface area contributed by atoms with E-state index in [0.29, 0.717) is 42.9 Å². The summed E-state index contributed by atoms with van der Waals surface area (Å²) in [5.41, 5.74) is 3.51. The number of aryl methyl sites for hydroxylation is 3. The molecule has 5 rings (SSSR count). The number of hydrogen-bond acceptors (Lipinski definition) is 6.